The number of piperidine rings is 1. The van der Waals surface area contributed by atoms with Gasteiger partial charge in [0.2, 0.25) is 11.8 Å². The molecule has 0 atom stereocenters. The second-order valence-electron chi connectivity index (χ2n) is 5.80. The SMILES string of the molecule is CCc1cnc(N2CCC(COc3ccc(Br)cn3)CC2)nc1. The summed E-state index contributed by atoms with van der Waals surface area (Å²) in [5, 5.41) is 0. The van der Waals surface area contributed by atoms with Crippen LogP contribution in [0, 0.1) is 5.92 Å². The molecule has 1 aliphatic rings. The molecule has 5 nitrogen and oxygen atoms in total. The summed E-state index contributed by atoms with van der Waals surface area (Å²) < 4.78 is 6.76. The van der Waals surface area contributed by atoms with E-state index < -0.39 is 0 Å². The maximum atomic E-state index is 5.79. The highest BCUT2D eigenvalue weighted by atomic mass is 79.9. The maximum Gasteiger partial charge on any atom is 0.225 e. The lowest BCUT2D eigenvalue weighted by molar-refractivity contribution is 0.215. The van der Waals surface area contributed by atoms with Crippen molar-refractivity contribution >= 4 is 21.9 Å². The second-order valence-corrected chi connectivity index (χ2v) is 6.72. The van der Waals surface area contributed by atoms with Crippen LogP contribution in [0.3, 0.4) is 0 Å². The second kappa shape index (κ2) is 7.73. The van der Waals surface area contributed by atoms with E-state index in [0.717, 1.165) is 49.4 Å². The fourth-order valence-corrected chi connectivity index (χ4v) is 2.88. The average molecular weight is 377 g/mol. The van der Waals surface area contributed by atoms with Gasteiger partial charge in [-0.05, 0) is 52.7 Å². The summed E-state index contributed by atoms with van der Waals surface area (Å²) in [6.45, 7) is 4.79. The predicted octanol–water partition coefficient (Wildman–Crippen LogP) is 3.49. The average Bonchev–Trinajstić information content (AvgIpc) is 2.62. The van der Waals surface area contributed by atoms with Crippen molar-refractivity contribution in [2.45, 2.75) is 26.2 Å². The van der Waals surface area contributed by atoms with Gasteiger partial charge in [0.1, 0.15) is 0 Å². The lowest BCUT2D eigenvalue weighted by Gasteiger charge is -2.31. The Kier molecular flexibility index (Phi) is 5.43. The molecule has 1 aliphatic heterocycles. The van der Waals surface area contributed by atoms with Crippen molar-refractivity contribution in [3.05, 3.63) is 40.8 Å². The summed E-state index contributed by atoms with van der Waals surface area (Å²) in [6.07, 6.45) is 8.78. The summed E-state index contributed by atoms with van der Waals surface area (Å²) in [7, 11) is 0. The molecule has 0 saturated carbocycles. The van der Waals surface area contributed by atoms with Gasteiger partial charge in [0.05, 0.1) is 6.61 Å². The predicted molar refractivity (Wildman–Crippen MR) is 93.8 cm³/mol. The maximum absolute atomic E-state index is 5.79. The Labute approximate surface area is 145 Å². The smallest absolute Gasteiger partial charge is 0.225 e. The zero-order chi connectivity index (χ0) is 16.1. The van der Waals surface area contributed by atoms with E-state index in [2.05, 4.69) is 42.7 Å². The zero-order valence-electron chi connectivity index (χ0n) is 13.3. The molecule has 23 heavy (non-hydrogen) atoms. The molecule has 0 bridgehead atoms. The topological polar surface area (TPSA) is 51.1 Å². The Balaban J connectivity index is 1.47. The van der Waals surface area contributed by atoms with Crippen LogP contribution < -0.4 is 9.64 Å². The van der Waals surface area contributed by atoms with E-state index in [1.807, 2.05) is 24.5 Å². The minimum atomic E-state index is 0.562. The van der Waals surface area contributed by atoms with Crippen LogP contribution in [-0.4, -0.2) is 34.6 Å². The lowest BCUT2D eigenvalue weighted by Crippen LogP contribution is -2.36. The van der Waals surface area contributed by atoms with Gasteiger partial charge in [-0.15, -0.1) is 0 Å². The third kappa shape index (κ3) is 4.41. The summed E-state index contributed by atoms with van der Waals surface area (Å²) in [5.74, 6) is 2.09. The largest absolute Gasteiger partial charge is 0.477 e. The van der Waals surface area contributed by atoms with Crippen LogP contribution in [-0.2, 0) is 6.42 Å². The van der Waals surface area contributed by atoms with E-state index in [4.69, 9.17) is 4.74 Å². The molecule has 0 aliphatic carbocycles. The Morgan fingerprint density at radius 1 is 1.13 bits per heavy atom. The quantitative estimate of drug-likeness (QED) is 0.799. The van der Waals surface area contributed by atoms with Crippen LogP contribution in [0.2, 0.25) is 0 Å². The molecule has 6 heteroatoms. The minimum Gasteiger partial charge on any atom is -0.477 e. The first-order chi connectivity index (χ1) is 11.2. The molecule has 0 amide bonds. The number of aromatic nitrogens is 3. The summed E-state index contributed by atoms with van der Waals surface area (Å²) in [5.41, 5.74) is 1.18. The lowest BCUT2D eigenvalue weighted by atomic mass is 9.98. The fraction of sp³-hybridized carbons (Fsp3) is 0.471. The van der Waals surface area contributed by atoms with E-state index in [1.54, 1.807) is 6.20 Å². The summed E-state index contributed by atoms with van der Waals surface area (Å²) in [4.78, 5) is 15.4. The third-order valence-electron chi connectivity index (χ3n) is 4.16. The van der Waals surface area contributed by atoms with E-state index in [0.29, 0.717) is 11.8 Å². The highest BCUT2D eigenvalue weighted by molar-refractivity contribution is 9.10. The van der Waals surface area contributed by atoms with Gasteiger partial charge in [0.25, 0.3) is 0 Å². The van der Waals surface area contributed by atoms with E-state index in [-0.39, 0.29) is 0 Å². The molecule has 0 radical (unpaired) electrons. The van der Waals surface area contributed by atoms with Gasteiger partial charge in [-0.2, -0.15) is 0 Å². The Bertz CT molecular complexity index is 609. The van der Waals surface area contributed by atoms with Crippen LogP contribution in [0.4, 0.5) is 5.95 Å². The highest BCUT2D eigenvalue weighted by Crippen LogP contribution is 2.22. The monoisotopic (exact) mass is 376 g/mol. The van der Waals surface area contributed by atoms with Crippen LogP contribution in [0.1, 0.15) is 25.3 Å². The molecule has 0 N–H and O–H groups in total. The number of aryl methyl sites for hydroxylation is 1. The standard InChI is InChI=1S/C17H21BrN4O/c1-2-13-9-20-17(21-10-13)22-7-5-14(6-8-22)12-23-16-4-3-15(18)11-19-16/h3-4,9-11,14H,2,5-8,12H2,1H3. The normalized spacial score (nSPS) is 15.7. The Hall–Kier alpha value is -1.69. The highest BCUT2D eigenvalue weighted by Gasteiger charge is 2.21. The van der Waals surface area contributed by atoms with Crippen molar-refractivity contribution in [1.82, 2.24) is 15.0 Å². The number of rotatable bonds is 5. The van der Waals surface area contributed by atoms with Crippen molar-refractivity contribution in [2.75, 3.05) is 24.6 Å². The van der Waals surface area contributed by atoms with Crippen LogP contribution in [0.25, 0.3) is 0 Å². The number of hydrogen-bond donors (Lipinski definition) is 0. The minimum absolute atomic E-state index is 0.562. The summed E-state index contributed by atoms with van der Waals surface area (Å²) in [6, 6.07) is 3.84. The van der Waals surface area contributed by atoms with Crippen molar-refractivity contribution in [3.8, 4) is 5.88 Å². The molecule has 1 saturated heterocycles. The molecule has 0 aromatic carbocycles. The van der Waals surface area contributed by atoms with Crippen LogP contribution in [0.5, 0.6) is 5.88 Å². The van der Waals surface area contributed by atoms with E-state index in [9.17, 15) is 0 Å². The van der Waals surface area contributed by atoms with Crippen molar-refractivity contribution < 1.29 is 4.74 Å². The molecule has 0 unspecified atom stereocenters. The van der Waals surface area contributed by atoms with E-state index >= 15 is 0 Å². The van der Waals surface area contributed by atoms with Crippen molar-refractivity contribution in [3.63, 3.8) is 0 Å². The van der Waals surface area contributed by atoms with Gasteiger partial charge in [0.15, 0.2) is 0 Å². The zero-order valence-corrected chi connectivity index (χ0v) is 14.9. The Morgan fingerprint density at radius 3 is 2.48 bits per heavy atom. The van der Waals surface area contributed by atoms with Gasteiger partial charge in [0, 0.05) is 42.2 Å². The summed E-state index contributed by atoms with van der Waals surface area (Å²) >= 11 is 3.38. The molecule has 0 spiro atoms. The van der Waals surface area contributed by atoms with Gasteiger partial charge in [-0.3, -0.25) is 0 Å². The Morgan fingerprint density at radius 2 is 1.87 bits per heavy atom. The first-order valence-corrected chi connectivity index (χ1v) is 8.84. The number of ether oxygens (including phenoxy) is 1. The van der Waals surface area contributed by atoms with Crippen molar-refractivity contribution in [2.24, 2.45) is 5.92 Å². The number of pyridine rings is 1. The number of hydrogen-bond acceptors (Lipinski definition) is 5. The molecule has 2 aromatic heterocycles. The molecule has 3 rings (SSSR count). The third-order valence-corrected chi connectivity index (χ3v) is 4.63. The fourth-order valence-electron chi connectivity index (χ4n) is 2.64. The molecule has 3 heterocycles. The molecular weight excluding hydrogens is 356 g/mol. The van der Waals surface area contributed by atoms with E-state index in [1.165, 1.54) is 5.56 Å². The van der Waals surface area contributed by atoms with Gasteiger partial charge >= 0.3 is 0 Å². The molecule has 122 valence electrons. The van der Waals surface area contributed by atoms with Gasteiger partial charge in [-0.25, -0.2) is 15.0 Å². The molecule has 2 aromatic rings. The first kappa shape index (κ1) is 16.2. The number of anilines is 1. The van der Waals surface area contributed by atoms with Gasteiger partial charge in [-0.1, -0.05) is 6.92 Å². The number of halogens is 1. The van der Waals surface area contributed by atoms with Crippen LogP contribution >= 0.6 is 15.9 Å². The number of nitrogens with zero attached hydrogens (tertiary/aromatic N) is 4. The van der Waals surface area contributed by atoms with Crippen LogP contribution in [0.15, 0.2) is 35.2 Å². The molecular formula is C17H21BrN4O. The van der Waals surface area contributed by atoms with Crippen molar-refractivity contribution in [1.29, 1.82) is 0 Å². The van der Waals surface area contributed by atoms with Gasteiger partial charge < -0.3 is 9.64 Å². The first-order valence-electron chi connectivity index (χ1n) is 8.05. The molecule has 1 fully saturated rings.